The molecule has 1 aromatic heterocycles. The fraction of sp³-hybridized carbons (Fsp3) is 0.800. The molecule has 2 heterocycles. The topological polar surface area (TPSA) is 85.1 Å². The number of nitrogens with one attached hydrogen (secondary N) is 1. The second kappa shape index (κ2) is 4.73. The molecular formula is C10H17N3O3S. The molecule has 0 radical (unpaired) electrons. The lowest BCUT2D eigenvalue weighted by Gasteiger charge is -2.20. The van der Waals surface area contributed by atoms with Crippen molar-refractivity contribution in [2.75, 3.05) is 18.1 Å². The maximum Gasteiger partial charge on any atom is 0.234 e. The van der Waals surface area contributed by atoms with Crippen molar-refractivity contribution in [2.24, 2.45) is 5.92 Å². The van der Waals surface area contributed by atoms with Crippen molar-refractivity contribution in [2.45, 2.75) is 26.3 Å². The highest BCUT2D eigenvalue weighted by Crippen LogP contribution is 2.18. The van der Waals surface area contributed by atoms with Gasteiger partial charge in [0.15, 0.2) is 9.84 Å². The Bertz CT molecular complexity index is 481. The summed E-state index contributed by atoms with van der Waals surface area (Å²) in [5.41, 5.74) is 0. The van der Waals surface area contributed by atoms with Gasteiger partial charge in [0.2, 0.25) is 11.8 Å². The van der Waals surface area contributed by atoms with Crippen LogP contribution < -0.4 is 5.32 Å². The fourth-order valence-corrected chi connectivity index (χ4v) is 3.15. The summed E-state index contributed by atoms with van der Waals surface area (Å²) >= 11 is 0. The minimum atomic E-state index is -2.98. The van der Waals surface area contributed by atoms with Crippen molar-refractivity contribution in [3.63, 3.8) is 0 Å². The minimum Gasteiger partial charge on any atom is -0.424 e. The second-order valence-electron chi connectivity index (χ2n) is 4.75. The smallest absolute Gasteiger partial charge is 0.234 e. The van der Waals surface area contributed by atoms with Crippen molar-refractivity contribution in [3.05, 3.63) is 11.8 Å². The normalized spacial score (nSPS) is 24.1. The monoisotopic (exact) mass is 259 g/mol. The molecule has 17 heavy (non-hydrogen) atoms. The van der Waals surface area contributed by atoms with Crippen LogP contribution in [-0.2, 0) is 16.3 Å². The molecule has 96 valence electrons. The molecule has 0 saturated carbocycles. The van der Waals surface area contributed by atoms with E-state index >= 15 is 0 Å². The highest BCUT2D eigenvalue weighted by Gasteiger charge is 2.29. The Morgan fingerprint density at radius 2 is 2.24 bits per heavy atom. The average Bonchev–Trinajstić information content (AvgIpc) is 2.63. The lowest BCUT2D eigenvalue weighted by Crippen LogP contribution is -2.39. The Morgan fingerprint density at radius 3 is 2.88 bits per heavy atom. The first-order valence-electron chi connectivity index (χ1n) is 5.72. The van der Waals surface area contributed by atoms with E-state index in [0.29, 0.717) is 30.7 Å². The van der Waals surface area contributed by atoms with E-state index in [1.54, 1.807) is 0 Å². The number of hydrogen-bond acceptors (Lipinski definition) is 6. The summed E-state index contributed by atoms with van der Waals surface area (Å²) in [6, 6.07) is -0.359. The lowest BCUT2D eigenvalue weighted by molar-refractivity contribution is 0.379. The first-order chi connectivity index (χ1) is 7.96. The summed E-state index contributed by atoms with van der Waals surface area (Å²) in [6.07, 6.45) is 0.715. The van der Waals surface area contributed by atoms with Crippen LogP contribution in [0.5, 0.6) is 0 Å². The number of nitrogens with zero attached hydrogens (tertiary/aromatic N) is 2. The fourth-order valence-electron chi connectivity index (χ4n) is 1.78. The van der Waals surface area contributed by atoms with Gasteiger partial charge in [-0.25, -0.2) is 8.42 Å². The molecule has 1 saturated heterocycles. The molecule has 6 nitrogen and oxygen atoms in total. The summed E-state index contributed by atoms with van der Waals surface area (Å²) in [7, 11) is -2.98. The second-order valence-corrected chi connectivity index (χ2v) is 6.98. The minimum absolute atomic E-state index is 0.0380. The van der Waals surface area contributed by atoms with Gasteiger partial charge < -0.3 is 9.73 Å². The van der Waals surface area contributed by atoms with E-state index in [0.717, 1.165) is 0 Å². The van der Waals surface area contributed by atoms with Crippen LogP contribution in [0.2, 0.25) is 0 Å². The number of rotatable bonds is 3. The Balaban J connectivity index is 2.09. The molecule has 0 spiro atoms. The molecule has 1 fully saturated rings. The first-order valence-corrected chi connectivity index (χ1v) is 7.54. The van der Waals surface area contributed by atoms with Crippen LogP contribution >= 0.6 is 0 Å². The van der Waals surface area contributed by atoms with Gasteiger partial charge >= 0.3 is 0 Å². The third-order valence-corrected chi connectivity index (χ3v) is 4.26. The Hall–Kier alpha value is -0.950. The molecule has 0 aliphatic carbocycles. The van der Waals surface area contributed by atoms with Gasteiger partial charge in [-0.3, -0.25) is 0 Å². The lowest BCUT2D eigenvalue weighted by atomic mass is 10.1. The average molecular weight is 259 g/mol. The van der Waals surface area contributed by atoms with Crippen molar-refractivity contribution >= 4 is 9.84 Å². The molecule has 1 unspecified atom stereocenters. The standard InChI is InChI=1S/C10H17N3O3S/c1-7(2)5-9-12-13-10(16-9)8-6-17(14,15)4-3-11-8/h7-8,11H,3-6H2,1-2H3. The van der Waals surface area contributed by atoms with Crippen LogP contribution in [0.3, 0.4) is 0 Å². The molecule has 0 aromatic carbocycles. The predicted molar refractivity (Wildman–Crippen MR) is 62.2 cm³/mol. The van der Waals surface area contributed by atoms with Crippen LogP contribution in [0.1, 0.15) is 31.7 Å². The maximum absolute atomic E-state index is 11.5. The van der Waals surface area contributed by atoms with E-state index in [2.05, 4.69) is 29.4 Å². The Morgan fingerprint density at radius 1 is 1.47 bits per heavy atom. The zero-order valence-corrected chi connectivity index (χ0v) is 10.8. The van der Waals surface area contributed by atoms with Gasteiger partial charge in [-0.15, -0.1) is 10.2 Å². The van der Waals surface area contributed by atoms with E-state index < -0.39 is 9.84 Å². The third-order valence-electron chi connectivity index (χ3n) is 2.59. The van der Waals surface area contributed by atoms with Crippen LogP contribution in [0.25, 0.3) is 0 Å². The summed E-state index contributed by atoms with van der Waals surface area (Å²) in [5, 5.41) is 10.9. The van der Waals surface area contributed by atoms with E-state index in [9.17, 15) is 8.42 Å². The summed E-state index contributed by atoms with van der Waals surface area (Å²) in [6.45, 7) is 4.56. The SMILES string of the molecule is CC(C)Cc1nnc(C2CS(=O)(=O)CCN2)o1. The quantitative estimate of drug-likeness (QED) is 0.842. The summed E-state index contributed by atoms with van der Waals surface area (Å²) < 4.78 is 28.5. The number of hydrogen-bond donors (Lipinski definition) is 1. The van der Waals surface area contributed by atoms with Crippen molar-refractivity contribution < 1.29 is 12.8 Å². The van der Waals surface area contributed by atoms with Gasteiger partial charge in [-0.2, -0.15) is 0 Å². The zero-order valence-electron chi connectivity index (χ0n) is 10.0. The zero-order chi connectivity index (χ0) is 12.5. The van der Waals surface area contributed by atoms with Crippen LogP contribution in [0.15, 0.2) is 4.42 Å². The molecule has 0 bridgehead atoms. The molecule has 1 aromatic rings. The Kier molecular flexibility index (Phi) is 3.48. The number of aromatic nitrogens is 2. The third kappa shape index (κ3) is 3.26. The summed E-state index contributed by atoms with van der Waals surface area (Å²) in [5.74, 6) is 1.60. The van der Waals surface area contributed by atoms with Gasteiger partial charge in [-0.1, -0.05) is 13.8 Å². The van der Waals surface area contributed by atoms with E-state index in [-0.39, 0.29) is 17.5 Å². The number of sulfone groups is 1. The van der Waals surface area contributed by atoms with Gasteiger partial charge in [0.1, 0.15) is 6.04 Å². The van der Waals surface area contributed by atoms with Gasteiger partial charge in [-0.05, 0) is 5.92 Å². The van der Waals surface area contributed by atoms with Gasteiger partial charge in [0.05, 0.1) is 11.5 Å². The highest BCUT2D eigenvalue weighted by atomic mass is 32.2. The molecule has 7 heteroatoms. The maximum atomic E-state index is 11.5. The largest absolute Gasteiger partial charge is 0.424 e. The first kappa shape index (κ1) is 12.5. The van der Waals surface area contributed by atoms with E-state index in [1.807, 2.05) is 0 Å². The van der Waals surface area contributed by atoms with Crippen molar-refractivity contribution in [1.82, 2.24) is 15.5 Å². The molecule has 2 rings (SSSR count). The molecule has 1 atom stereocenters. The van der Waals surface area contributed by atoms with Gasteiger partial charge in [0, 0.05) is 13.0 Å². The molecule has 1 N–H and O–H groups in total. The van der Waals surface area contributed by atoms with E-state index in [1.165, 1.54) is 0 Å². The Labute approximate surface area is 101 Å². The summed E-state index contributed by atoms with van der Waals surface area (Å²) in [4.78, 5) is 0. The van der Waals surface area contributed by atoms with Crippen LogP contribution in [-0.4, -0.2) is 36.7 Å². The van der Waals surface area contributed by atoms with Crippen molar-refractivity contribution in [1.29, 1.82) is 0 Å². The van der Waals surface area contributed by atoms with E-state index in [4.69, 9.17) is 4.42 Å². The van der Waals surface area contributed by atoms with Crippen LogP contribution in [0.4, 0.5) is 0 Å². The predicted octanol–water partition coefficient (Wildman–Crippen LogP) is 0.327. The van der Waals surface area contributed by atoms with Crippen molar-refractivity contribution in [3.8, 4) is 0 Å². The molecule has 1 aliphatic rings. The molecule has 0 amide bonds. The molecular weight excluding hydrogens is 242 g/mol. The molecule has 1 aliphatic heterocycles. The van der Waals surface area contributed by atoms with Gasteiger partial charge in [0.25, 0.3) is 0 Å². The van der Waals surface area contributed by atoms with Crippen LogP contribution in [0, 0.1) is 5.92 Å². The highest BCUT2D eigenvalue weighted by molar-refractivity contribution is 7.91.